The molecule has 3 fully saturated rings. The Labute approximate surface area is 439 Å². The molecule has 8 nitrogen and oxygen atoms in total. The van der Waals surface area contributed by atoms with Crippen LogP contribution in [0.3, 0.4) is 0 Å². The molecule has 1 saturated heterocycles. The topological polar surface area (TPSA) is 107 Å². The molecule has 6 aromatic rings. The van der Waals surface area contributed by atoms with Gasteiger partial charge in [-0.1, -0.05) is 211 Å². The number of urea groups is 1. The molecule has 0 bridgehead atoms. The number of carbonyl (C=O) groups is 3. The molecule has 386 valence electrons. The summed E-state index contributed by atoms with van der Waals surface area (Å²) in [6.07, 6.45) is 16.4. The van der Waals surface area contributed by atoms with Crippen LogP contribution >= 0.6 is 0 Å². The molecule has 2 amide bonds. The van der Waals surface area contributed by atoms with Crippen molar-refractivity contribution < 1.29 is 29.3 Å². The Hall–Kier alpha value is -6.51. The summed E-state index contributed by atoms with van der Waals surface area (Å²) in [5.74, 6) is -1.01. The Morgan fingerprint density at radius 3 is 1.38 bits per heavy atom. The maximum absolute atomic E-state index is 15.3. The summed E-state index contributed by atoms with van der Waals surface area (Å²) < 4.78 is 6.62. The Morgan fingerprint density at radius 1 is 0.568 bits per heavy atom. The van der Waals surface area contributed by atoms with Gasteiger partial charge in [0.2, 0.25) is 0 Å². The van der Waals surface area contributed by atoms with E-state index < -0.39 is 41.8 Å². The van der Waals surface area contributed by atoms with Gasteiger partial charge in [0.1, 0.15) is 6.10 Å². The van der Waals surface area contributed by atoms with E-state index in [2.05, 4.69) is 86.6 Å². The number of carboxylic acids is 1. The first-order valence-corrected chi connectivity index (χ1v) is 27.9. The molecule has 1 aliphatic heterocycles. The van der Waals surface area contributed by atoms with Gasteiger partial charge in [-0.3, -0.25) is 0 Å². The number of esters is 1. The second-order valence-corrected chi connectivity index (χ2v) is 21.4. The van der Waals surface area contributed by atoms with Gasteiger partial charge in [0.25, 0.3) is 0 Å². The summed E-state index contributed by atoms with van der Waals surface area (Å²) in [5.41, 5.74) is 9.83. The highest BCUT2D eigenvalue weighted by atomic mass is 16.6. The van der Waals surface area contributed by atoms with E-state index in [0.29, 0.717) is 35.8 Å². The zero-order valence-corrected chi connectivity index (χ0v) is 43.9. The van der Waals surface area contributed by atoms with Crippen LogP contribution in [0.2, 0.25) is 0 Å². The summed E-state index contributed by atoms with van der Waals surface area (Å²) in [6.45, 7) is 6.02. The Morgan fingerprint density at radius 2 is 0.973 bits per heavy atom. The molecular formula is C66H76N2O6. The van der Waals surface area contributed by atoms with Crippen molar-refractivity contribution in [2.45, 2.75) is 172 Å². The number of carbonyl (C=O) groups excluding carboxylic acids is 2. The van der Waals surface area contributed by atoms with Gasteiger partial charge in [-0.25, -0.2) is 14.4 Å². The number of rotatable bonds is 20. The van der Waals surface area contributed by atoms with Crippen LogP contribution in [-0.2, 0) is 45.9 Å². The number of nitrogens with zero attached hydrogens (tertiary/aromatic N) is 2. The third-order valence-corrected chi connectivity index (χ3v) is 16.5. The number of hydrogen-bond acceptors (Lipinski definition) is 5. The Kier molecular flexibility index (Phi) is 17.1. The van der Waals surface area contributed by atoms with Gasteiger partial charge in [0.05, 0.1) is 0 Å². The number of benzene rings is 6. The molecule has 9 rings (SSSR count). The lowest BCUT2D eigenvalue weighted by molar-refractivity contribution is -0.168. The van der Waals surface area contributed by atoms with E-state index in [0.717, 1.165) is 70.2 Å². The fraction of sp³-hybridized carbons (Fsp3) is 0.409. The number of hydrogen-bond donors (Lipinski definition) is 2. The molecule has 2 saturated carbocycles. The van der Waals surface area contributed by atoms with E-state index in [1.165, 1.54) is 85.1 Å². The molecule has 1 heterocycles. The number of aliphatic carboxylic acids is 1. The van der Waals surface area contributed by atoms with Crippen molar-refractivity contribution in [3.8, 4) is 22.3 Å². The van der Waals surface area contributed by atoms with Crippen LogP contribution in [-0.4, -0.2) is 56.2 Å². The van der Waals surface area contributed by atoms with Gasteiger partial charge in [-0.2, -0.15) is 0 Å². The number of unbranched alkanes of at least 4 members (excludes halogenated alkanes) is 2. The summed E-state index contributed by atoms with van der Waals surface area (Å²) in [5, 5.41) is 25.1. The van der Waals surface area contributed by atoms with Gasteiger partial charge in [-0.15, -0.1) is 0 Å². The molecule has 3 aliphatic rings. The lowest BCUT2D eigenvalue weighted by atomic mass is 9.75. The van der Waals surface area contributed by atoms with Gasteiger partial charge >= 0.3 is 18.0 Å². The van der Waals surface area contributed by atoms with Gasteiger partial charge in [0.15, 0.2) is 17.7 Å². The average Bonchev–Trinajstić information content (AvgIpc) is 3.72. The quantitative estimate of drug-likeness (QED) is 0.0738. The number of aliphatic hydroxyl groups is 1. The number of aryl methyl sites for hydroxylation is 2. The minimum absolute atomic E-state index is 0.0122. The molecule has 3 atom stereocenters. The molecule has 2 aliphatic carbocycles. The first-order valence-electron chi connectivity index (χ1n) is 27.9. The third kappa shape index (κ3) is 11.6. The first-order chi connectivity index (χ1) is 36.1. The van der Waals surface area contributed by atoms with Crippen LogP contribution < -0.4 is 0 Å². The maximum Gasteiger partial charge on any atom is 0.332 e. The minimum atomic E-state index is -1.90. The fourth-order valence-corrected chi connectivity index (χ4v) is 12.3. The monoisotopic (exact) mass is 993 g/mol. The highest BCUT2D eigenvalue weighted by Gasteiger charge is 2.55. The number of ether oxygens (including phenoxy) is 1. The fourth-order valence-electron chi connectivity index (χ4n) is 12.3. The first kappa shape index (κ1) is 52.4. The third-order valence-electron chi connectivity index (χ3n) is 16.5. The lowest BCUT2D eigenvalue weighted by Gasteiger charge is -2.39. The summed E-state index contributed by atoms with van der Waals surface area (Å²) >= 11 is 0. The highest BCUT2D eigenvalue weighted by molar-refractivity contribution is 5.96. The maximum atomic E-state index is 15.3. The van der Waals surface area contributed by atoms with Crippen LogP contribution in [0.4, 0.5) is 4.79 Å². The van der Waals surface area contributed by atoms with E-state index in [1.807, 2.05) is 72.8 Å². The predicted molar refractivity (Wildman–Crippen MR) is 296 cm³/mol. The Bertz CT molecular complexity index is 2700. The number of amides is 2. The second-order valence-electron chi connectivity index (χ2n) is 21.4. The second kappa shape index (κ2) is 24.2. The standard InChI is InChI=1S/C66H76N2O6/c1-4-6-24-57-42-55(53-34-30-51(31-35-53)49-26-16-10-17-27-49)38-40-59(57)66(73,60-41-39-56(43-58(60)25-7-5-2)54-36-32-52(33-37-54)50-28-18-11-19-29-50)46(3)74-64(71)62-61(63(69)70)67(44-47-20-12-8-13-21-47)65(72)68(62)45-48-22-14-9-15-23-48/h8-9,12-15,20-23,30-43,46,49-50,61-62,73H,4-7,10-11,16-19,24-29,44-45H2,1-3H3,(H,69,70)/t46-,61-,62+/m0/s1. The van der Waals surface area contributed by atoms with Crippen molar-refractivity contribution >= 4 is 18.0 Å². The normalized spacial score (nSPS) is 18.1. The van der Waals surface area contributed by atoms with Gasteiger partial charge in [0, 0.05) is 13.1 Å². The summed E-state index contributed by atoms with van der Waals surface area (Å²) in [6, 6.07) is 45.5. The van der Waals surface area contributed by atoms with Crippen LogP contribution in [0.25, 0.3) is 22.3 Å². The molecule has 8 heteroatoms. The summed E-state index contributed by atoms with van der Waals surface area (Å²) in [7, 11) is 0. The molecule has 74 heavy (non-hydrogen) atoms. The van der Waals surface area contributed by atoms with Crippen molar-refractivity contribution in [2.75, 3.05) is 0 Å². The smallest absolute Gasteiger partial charge is 0.332 e. The molecule has 0 aromatic heterocycles. The van der Waals surface area contributed by atoms with Crippen LogP contribution in [0, 0.1) is 0 Å². The van der Waals surface area contributed by atoms with Crippen molar-refractivity contribution in [1.29, 1.82) is 0 Å². The molecule has 2 N–H and O–H groups in total. The Balaban J connectivity index is 1.14. The van der Waals surface area contributed by atoms with Crippen molar-refractivity contribution in [1.82, 2.24) is 9.80 Å². The molecule has 6 aromatic carbocycles. The summed E-state index contributed by atoms with van der Waals surface area (Å²) in [4.78, 5) is 46.0. The van der Waals surface area contributed by atoms with Gasteiger partial charge < -0.3 is 24.7 Å². The largest absolute Gasteiger partial charge is 0.480 e. The minimum Gasteiger partial charge on any atom is -0.480 e. The molecule has 0 unspecified atom stereocenters. The van der Waals surface area contributed by atoms with Crippen molar-refractivity contribution in [2.24, 2.45) is 0 Å². The number of carboxylic acid groups (broad SMARTS) is 1. The zero-order valence-electron chi connectivity index (χ0n) is 43.9. The van der Waals surface area contributed by atoms with E-state index in [9.17, 15) is 19.8 Å². The molecule has 0 spiro atoms. The van der Waals surface area contributed by atoms with Crippen LogP contribution in [0.15, 0.2) is 146 Å². The van der Waals surface area contributed by atoms with E-state index in [1.54, 1.807) is 6.92 Å². The van der Waals surface area contributed by atoms with E-state index in [-0.39, 0.29) is 13.1 Å². The SMILES string of the molecule is CCCCc1cc(-c2ccc(C3CCCCC3)cc2)ccc1C(O)(c1ccc(-c2ccc(C3CCCCC3)cc2)cc1CCCC)[C@H](C)OC(=O)[C@H]1[C@@H](C(=O)O)N(Cc2ccccc2)C(=O)N1Cc1ccccc1. The van der Waals surface area contributed by atoms with E-state index >= 15 is 4.79 Å². The predicted octanol–water partition coefficient (Wildman–Crippen LogP) is 14.9. The highest BCUT2D eigenvalue weighted by Crippen LogP contribution is 2.44. The molecule has 0 radical (unpaired) electrons. The van der Waals surface area contributed by atoms with E-state index in [4.69, 9.17) is 4.74 Å². The van der Waals surface area contributed by atoms with Crippen molar-refractivity contribution in [3.05, 3.63) is 190 Å². The zero-order chi connectivity index (χ0) is 51.6. The average molecular weight is 993 g/mol. The van der Waals surface area contributed by atoms with Gasteiger partial charge in [-0.05, 0) is 137 Å². The van der Waals surface area contributed by atoms with Crippen molar-refractivity contribution in [3.63, 3.8) is 0 Å². The lowest BCUT2D eigenvalue weighted by Crippen LogP contribution is -2.51. The van der Waals surface area contributed by atoms with Crippen LogP contribution in [0.1, 0.15) is 167 Å². The van der Waals surface area contributed by atoms with Crippen LogP contribution in [0.5, 0.6) is 0 Å². The molecular weight excluding hydrogens is 917 g/mol.